The number of H-pyrrole nitrogens is 1. The Hall–Kier alpha value is -2.05. The third-order valence-corrected chi connectivity index (χ3v) is 5.94. The van der Waals surface area contributed by atoms with Crippen LogP contribution < -0.4 is 10.1 Å². The molecule has 0 bridgehead atoms. The first-order valence-electron chi connectivity index (χ1n) is 9.91. The minimum absolute atomic E-state index is 0.0181. The number of hydrogen-bond acceptors (Lipinski definition) is 4. The van der Waals surface area contributed by atoms with Crippen molar-refractivity contribution >= 4 is 16.8 Å². The summed E-state index contributed by atoms with van der Waals surface area (Å²) in [4.78, 5) is 15.8. The smallest absolute Gasteiger partial charge is 0.249 e. The number of amides is 1. The lowest BCUT2D eigenvalue weighted by molar-refractivity contribution is -0.131. The molecule has 1 aliphatic carbocycles. The topological polar surface area (TPSA) is 83.6 Å². The average molecular weight is 372 g/mol. The molecular weight excluding hydrogens is 344 g/mol. The van der Waals surface area contributed by atoms with E-state index >= 15 is 0 Å². The molecule has 1 saturated heterocycles. The summed E-state index contributed by atoms with van der Waals surface area (Å²) in [5.41, 5.74) is 3.05. The highest BCUT2D eigenvalue weighted by Crippen LogP contribution is 2.40. The fraction of sp³-hybridized carbons (Fsp3) is 0.571. The zero-order chi connectivity index (χ0) is 18.8. The van der Waals surface area contributed by atoms with Gasteiger partial charge in [0, 0.05) is 29.2 Å². The number of fused-ring (bicyclic) bond motifs is 1. The number of aliphatic hydroxyl groups is 1. The molecule has 27 heavy (non-hydrogen) atoms. The second kappa shape index (κ2) is 7.90. The molecule has 146 valence electrons. The Kier molecular flexibility index (Phi) is 5.36. The number of rotatable bonds is 5. The van der Waals surface area contributed by atoms with Gasteiger partial charge in [-0.2, -0.15) is 0 Å². The van der Waals surface area contributed by atoms with E-state index in [1.807, 2.05) is 18.2 Å². The minimum atomic E-state index is -0.282. The van der Waals surface area contributed by atoms with Gasteiger partial charge in [-0.1, -0.05) is 6.42 Å². The summed E-state index contributed by atoms with van der Waals surface area (Å²) in [6, 6.07) is 6.11. The van der Waals surface area contributed by atoms with Gasteiger partial charge < -0.3 is 24.9 Å². The standard InChI is InChI=1S/C21H28N2O4/c1-26-15-7-8-17-16(11-15)20(18(12-24)23-17)13-4-2-5-14(10-13)22-21(25)19-6-3-9-27-19/h7-8,11,13-14,19,23-24H,2-6,9-10,12H2,1H3,(H,22,25)/t13-,14+,19+/m1/s1. The number of benzene rings is 1. The third-order valence-electron chi connectivity index (χ3n) is 5.94. The SMILES string of the molecule is COc1ccc2[nH]c(CO)c([C@@H]3CCC[C@H](NC(=O)[C@@H]4CCCO4)C3)c2c1. The van der Waals surface area contributed by atoms with Gasteiger partial charge >= 0.3 is 0 Å². The Morgan fingerprint density at radius 2 is 2.22 bits per heavy atom. The van der Waals surface area contributed by atoms with Crippen LogP contribution in [0.15, 0.2) is 18.2 Å². The third kappa shape index (κ3) is 3.69. The second-order valence-electron chi connectivity index (χ2n) is 7.66. The number of methoxy groups -OCH3 is 1. The van der Waals surface area contributed by atoms with Gasteiger partial charge in [0.05, 0.1) is 13.7 Å². The van der Waals surface area contributed by atoms with E-state index in [1.54, 1.807) is 7.11 Å². The first-order valence-corrected chi connectivity index (χ1v) is 9.91. The van der Waals surface area contributed by atoms with Crippen molar-refractivity contribution < 1.29 is 19.4 Å². The van der Waals surface area contributed by atoms with E-state index < -0.39 is 0 Å². The molecule has 1 saturated carbocycles. The maximum atomic E-state index is 12.4. The van der Waals surface area contributed by atoms with Crippen LogP contribution in [-0.4, -0.2) is 41.9 Å². The molecule has 2 aromatic rings. The zero-order valence-corrected chi connectivity index (χ0v) is 15.8. The molecule has 1 aliphatic heterocycles. The molecule has 0 unspecified atom stereocenters. The Morgan fingerprint density at radius 3 is 2.96 bits per heavy atom. The van der Waals surface area contributed by atoms with Crippen LogP contribution in [0.2, 0.25) is 0 Å². The molecule has 1 aromatic heterocycles. The Labute approximate surface area is 159 Å². The molecule has 0 radical (unpaired) electrons. The molecule has 2 heterocycles. The lowest BCUT2D eigenvalue weighted by Crippen LogP contribution is -2.43. The molecule has 2 fully saturated rings. The van der Waals surface area contributed by atoms with E-state index in [-0.39, 0.29) is 24.7 Å². The van der Waals surface area contributed by atoms with E-state index in [0.717, 1.165) is 60.9 Å². The van der Waals surface area contributed by atoms with Crippen LogP contribution in [0.4, 0.5) is 0 Å². The Balaban J connectivity index is 1.56. The maximum Gasteiger partial charge on any atom is 0.249 e. The zero-order valence-electron chi connectivity index (χ0n) is 15.8. The van der Waals surface area contributed by atoms with Crippen LogP contribution in [0.25, 0.3) is 10.9 Å². The molecule has 2 aliphatic rings. The predicted molar refractivity (Wildman–Crippen MR) is 103 cm³/mol. The van der Waals surface area contributed by atoms with Gasteiger partial charge in [-0.05, 0) is 61.8 Å². The van der Waals surface area contributed by atoms with E-state index in [1.165, 1.54) is 5.56 Å². The Morgan fingerprint density at radius 1 is 1.33 bits per heavy atom. The van der Waals surface area contributed by atoms with Crippen molar-refractivity contribution in [2.75, 3.05) is 13.7 Å². The predicted octanol–water partition coefficient (Wildman–Crippen LogP) is 2.99. The van der Waals surface area contributed by atoms with Crippen molar-refractivity contribution in [1.29, 1.82) is 0 Å². The normalized spacial score (nSPS) is 25.6. The number of hydrogen-bond donors (Lipinski definition) is 3. The van der Waals surface area contributed by atoms with E-state index in [4.69, 9.17) is 9.47 Å². The lowest BCUT2D eigenvalue weighted by Gasteiger charge is -2.31. The summed E-state index contributed by atoms with van der Waals surface area (Å²) >= 11 is 0. The number of aromatic amines is 1. The fourth-order valence-corrected chi connectivity index (χ4v) is 4.63. The first-order chi connectivity index (χ1) is 13.2. The summed E-state index contributed by atoms with van der Waals surface area (Å²) < 4.78 is 10.9. The summed E-state index contributed by atoms with van der Waals surface area (Å²) in [6.45, 7) is 0.665. The van der Waals surface area contributed by atoms with Crippen LogP contribution >= 0.6 is 0 Å². The van der Waals surface area contributed by atoms with Crippen LogP contribution in [-0.2, 0) is 16.1 Å². The highest BCUT2D eigenvalue weighted by atomic mass is 16.5. The van der Waals surface area contributed by atoms with Crippen molar-refractivity contribution in [2.24, 2.45) is 0 Å². The quantitative estimate of drug-likeness (QED) is 0.753. The van der Waals surface area contributed by atoms with Gasteiger partial charge in [-0.15, -0.1) is 0 Å². The highest BCUT2D eigenvalue weighted by molar-refractivity contribution is 5.86. The molecule has 6 nitrogen and oxygen atoms in total. The minimum Gasteiger partial charge on any atom is -0.497 e. The number of ether oxygens (including phenoxy) is 2. The summed E-state index contributed by atoms with van der Waals surface area (Å²) in [6.07, 6.45) is 5.49. The van der Waals surface area contributed by atoms with Crippen molar-refractivity contribution in [3.8, 4) is 5.75 Å². The van der Waals surface area contributed by atoms with Crippen LogP contribution in [0.3, 0.4) is 0 Å². The number of aromatic nitrogens is 1. The van der Waals surface area contributed by atoms with Gasteiger partial charge in [0.15, 0.2) is 0 Å². The molecule has 3 N–H and O–H groups in total. The molecule has 1 aromatic carbocycles. The molecule has 1 amide bonds. The number of nitrogens with one attached hydrogen (secondary N) is 2. The molecule has 3 atom stereocenters. The van der Waals surface area contributed by atoms with Crippen molar-refractivity contribution in [2.45, 2.75) is 63.2 Å². The Bertz CT molecular complexity index is 810. The van der Waals surface area contributed by atoms with Crippen LogP contribution in [0.5, 0.6) is 5.75 Å². The van der Waals surface area contributed by atoms with E-state index in [9.17, 15) is 9.90 Å². The van der Waals surface area contributed by atoms with E-state index in [2.05, 4.69) is 10.3 Å². The van der Waals surface area contributed by atoms with Gasteiger partial charge in [0.1, 0.15) is 11.9 Å². The largest absolute Gasteiger partial charge is 0.497 e. The lowest BCUT2D eigenvalue weighted by atomic mass is 9.80. The second-order valence-corrected chi connectivity index (χ2v) is 7.66. The average Bonchev–Trinajstić information content (AvgIpc) is 3.35. The van der Waals surface area contributed by atoms with Gasteiger partial charge in [-0.25, -0.2) is 0 Å². The summed E-state index contributed by atoms with van der Waals surface area (Å²) in [7, 11) is 1.66. The molecule has 4 rings (SSSR count). The number of aliphatic hydroxyl groups excluding tert-OH is 1. The van der Waals surface area contributed by atoms with Crippen LogP contribution in [0, 0.1) is 0 Å². The van der Waals surface area contributed by atoms with Crippen LogP contribution in [0.1, 0.15) is 55.7 Å². The molecule has 0 spiro atoms. The summed E-state index contributed by atoms with van der Waals surface area (Å²) in [5, 5.41) is 14.2. The summed E-state index contributed by atoms with van der Waals surface area (Å²) in [5.74, 6) is 1.14. The van der Waals surface area contributed by atoms with Crippen molar-refractivity contribution in [3.05, 3.63) is 29.5 Å². The van der Waals surface area contributed by atoms with Crippen molar-refractivity contribution in [3.63, 3.8) is 0 Å². The fourth-order valence-electron chi connectivity index (χ4n) is 4.63. The maximum absolute atomic E-state index is 12.4. The molecule has 6 heteroatoms. The van der Waals surface area contributed by atoms with Gasteiger partial charge in [0.2, 0.25) is 5.91 Å². The van der Waals surface area contributed by atoms with Crippen molar-refractivity contribution in [1.82, 2.24) is 10.3 Å². The first kappa shape index (κ1) is 18.3. The number of carbonyl (C=O) groups is 1. The highest BCUT2D eigenvalue weighted by Gasteiger charge is 2.31. The monoisotopic (exact) mass is 372 g/mol. The van der Waals surface area contributed by atoms with Gasteiger partial charge in [0.25, 0.3) is 0 Å². The van der Waals surface area contributed by atoms with E-state index in [0.29, 0.717) is 12.5 Å². The van der Waals surface area contributed by atoms with Gasteiger partial charge in [-0.3, -0.25) is 4.79 Å². The number of carbonyl (C=O) groups excluding carboxylic acids is 1. The molecular formula is C21H28N2O4.